The summed E-state index contributed by atoms with van der Waals surface area (Å²) in [7, 11) is 0. The number of aromatic nitrogens is 1. The van der Waals surface area contributed by atoms with E-state index < -0.39 is 5.97 Å². The van der Waals surface area contributed by atoms with E-state index in [9.17, 15) is 14.4 Å². The lowest BCUT2D eigenvalue weighted by Gasteiger charge is -2.47. The van der Waals surface area contributed by atoms with E-state index in [0.717, 1.165) is 51.4 Å². The molecule has 6 rings (SSSR count). The van der Waals surface area contributed by atoms with Crippen LogP contribution in [-0.2, 0) is 14.4 Å². The molecule has 9 nitrogen and oxygen atoms in total. The number of piperidine rings is 2. The molecule has 6 atom stereocenters. The fourth-order valence-electron chi connectivity index (χ4n) is 6.50. The van der Waals surface area contributed by atoms with Crippen molar-refractivity contribution in [3.8, 4) is 0 Å². The van der Waals surface area contributed by atoms with Crippen LogP contribution in [0.3, 0.4) is 0 Å². The van der Waals surface area contributed by atoms with Crippen molar-refractivity contribution < 1.29 is 19.5 Å². The summed E-state index contributed by atoms with van der Waals surface area (Å²) in [5.41, 5.74) is 1.03. The van der Waals surface area contributed by atoms with Gasteiger partial charge in [0.05, 0.1) is 6.04 Å². The molecule has 1 aromatic heterocycles. The molecule has 1 unspecified atom stereocenters. The molecule has 34 heavy (non-hydrogen) atoms. The normalized spacial score (nSPS) is 32.9. The Kier molecular flexibility index (Phi) is 6.22. The minimum atomic E-state index is -0.833. The maximum Gasteiger partial charge on any atom is 0.300 e. The summed E-state index contributed by atoms with van der Waals surface area (Å²) in [6, 6.07) is 5.40. The van der Waals surface area contributed by atoms with Crippen LogP contribution in [0, 0.1) is 29.6 Å². The molecule has 5 aliphatic rings. The van der Waals surface area contributed by atoms with Gasteiger partial charge in [0.25, 0.3) is 11.5 Å². The van der Waals surface area contributed by atoms with E-state index in [4.69, 9.17) is 9.90 Å². The first-order chi connectivity index (χ1) is 16.3. The number of fused-ring (bicyclic) bond motifs is 5. The first kappa shape index (κ1) is 23.1. The lowest BCUT2D eigenvalue weighted by atomic mass is 9.78. The van der Waals surface area contributed by atoms with Gasteiger partial charge in [-0.3, -0.25) is 19.2 Å². The van der Waals surface area contributed by atoms with Gasteiger partial charge in [0.15, 0.2) is 0 Å². The Balaban J connectivity index is 0.000000560. The molecule has 3 aliphatic heterocycles. The van der Waals surface area contributed by atoms with Gasteiger partial charge in [-0.2, -0.15) is 0 Å². The summed E-state index contributed by atoms with van der Waals surface area (Å²) in [5, 5.41) is 13.9. The fourth-order valence-corrected chi connectivity index (χ4v) is 6.50. The van der Waals surface area contributed by atoms with Crippen LogP contribution in [0.15, 0.2) is 23.0 Å². The molecule has 9 heteroatoms. The van der Waals surface area contributed by atoms with E-state index >= 15 is 0 Å². The van der Waals surface area contributed by atoms with Crippen molar-refractivity contribution in [2.75, 3.05) is 32.7 Å². The van der Waals surface area contributed by atoms with Crippen LogP contribution in [0.25, 0.3) is 0 Å². The smallest absolute Gasteiger partial charge is 0.300 e. The number of carbonyl (C=O) groups is 3. The molecule has 2 saturated heterocycles. The molecule has 2 bridgehead atoms. The number of likely N-dealkylation sites (tertiary alicyclic amines) is 1. The number of hydrogen-bond acceptors (Lipinski definition) is 5. The monoisotopic (exact) mass is 470 g/mol. The quantitative estimate of drug-likeness (QED) is 0.599. The maximum absolute atomic E-state index is 13.3. The summed E-state index contributed by atoms with van der Waals surface area (Å²) >= 11 is 0. The van der Waals surface area contributed by atoms with E-state index in [1.165, 1.54) is 0 Å². The fraction of sp³-hybridized carbons (Fsp3) is 0.680. The highest BCUT2D eigenvalue weighted by molar-refractivity contribution is 5.83. The van der Waals surface area contributed by atoms with Crippen LogP contribution in [0.5, 0.6) is 0 Å². The highest BCUT2D eigenvalue weighted by Gasteiger charge is 2.58. The Morgan fingerprint density at radius 3 is 2.50 bits per heavy atom. The summed E-state index contributed by atoms with van der Waals surface area (Å²) in [6.45, 7) is 4.91. The van der Waals surface area contributed by atoms with Crippen molar-refractivity contribution in [3.05, 3.63) is 34.2 Å². The van der Waals surface area contributed by atoms with Crippen molar-refractivity contribution in [2.45, 2.75) is 44.6 Å². The number of nitrogens with one attached hydrogen (secondary N) is 2. The number of carboxylic acids is 1. The molecule has 2 amide bonds. The second kappa shape index (κ2) is 9.17. The van der Waals surface area contributed by atoms with Gasteiger partial charge in [0.1, 0.15) is 0 Å². The molecule has 0 radical (unpaired) electrons. The molecule has 184 valence electrons. The van der Waals surface area contributed by atoms with Crippen LogP contribution < -0.4 is 16.2 Å². The topological polar surface area (TPSA) is 121 Å². The SMILES string of the molecule is CC(=O)O.O=C(NC[C@H]1[C@H]2C[C@H](CN(C(=O)C3[C@H]4CNC[C@@H]34)C2)c2cccc(=O)n21)C1CCC1. The third-order valence-corrected chi connectivity index (χ3v) is 8.45. The van der Waals surface area contributed by atoms with Gasteiger partial charge in [-0.25, -0.2) is 0 Å². The number of aliphatic carboxylic acids is 1. The van der Waals surface area contributed by atoms with E-state index in [0.29, 0.717) is 37.4 Å². The van der Waals surface area contributed by atoms with Crippen LogP contribution in [-0.4, -0.2) is 65.1 Å². The van der Waals surface area contributed by atoms with E-state index in [-0.39, 0.29) is 41.2 Å². The maximum atomic E-state index is 13.3. The van der Waals surface area contributed by atoms with Crippen molar-refractivity contribution in [3.63, 3.8) is 0 Å². The van der Waals surface area contributed by atoms with Crippen molar-refractivity contribution in [2.24, 2.45) is 29.6 Å². The summed E-state index contributed by atoms with van der Waals surface area (Å²) in [5.74, 6) is 1.38. The van der Waals surface area contributed by atoms with Gasteiger partial charge in [-0.1, -0.05) is 12.5 Å². The lowest BCUT2D eigenvalue weighted by Crippen LogP contribution is -2.54. The molecule has 2 aliphatic carbocycles. The molecular weight excluding hydrogens is 436 g/mol. The Hall–Kier alpha value is -2.68. The number of nitrogens with zero attached hydrogens (tertiary/aromatic N) is 2. The van der Waals surface area contributed by atoms with Crippen LogP contribution in [0.1, 0.15) is 50.3 Å². The predicted octanol–water partition coefficient (Wildman–Crippen LogP) is 0.808. The molecule has 0 aromatic carbocycles. The molecule has 4 heterocycles. The largest absolute Gasteiger partial charge is 0.481 e. The van der Waals surface area contributed by atoms with Gasteiger partial charge in [0, 0.05) is 56.1 Å². The first-order valence-corrected chi connectivity index (χ1v) is 12.5. The summed E-state index contributed by atoms with van der Waals surface area (Å²) < 4.78 is 1.91. The summed E-state index contributed by atoms with van der Waals surface area (Å²) in [4.78, 5) is 49.6. The Labute approximate surface area is 198 Å². The number of hydrogen-bond donors (Lipinski definition) is 3. The molecule has 2 saturated carbocycles. The molecule has 1 aromatic rings. The predicted molar refractivity (Wildman–Crippen MR) is 124 cm³/mol. The van der Waals surface area contributed by atoms with E-state index in [2.05, 4.69) is 15.5 Å². The number of carbonyl (C=O) groups excluding carboxylic acids is 2. The van der Waals surface area contributed by atoms with Gasteiger partial charge in [-0.15, -0.1) is 0 Å². The zero-order valence-corrected chi connectivity index (χ0v) is 19.6. The number of amides is 2. The molecule has 0 spiro atoms. The Morgan fingerprint density at radius 2 is 1.85 bits per heavy atom. The van der Waals surface area contributed by atoms with Gasteiger partial charge in [-0.05, 0) is 56.2 Å². The average molecular weight is 471 g/mol. The van der Waals surface area contributed by atoms with Crippen molar-refractivity contribution in [1.29, 1.82) is 0 Å². The number of carboxylic acid groups (broad SMARTS) is 1. The third-order valence-electron chi connectivity index (χ3n) is 8.45. The second-order valence-corrected chi connectivity index (χ2v) is 10.6. The molecule has 3 N–H and O–H groups in total. The van der Waals surface area contributed by atoms with E-state index in [1.54, 1.807) is 6.07 Å². The zero-order chi connectivity index (χ0) is 24.0. The average Bonchev–Trinajstić information content (AvgIpc) is 3.22. The van der Waals surface area contributed by atoms with Crippen molar-refractivity contribution in [1.82, 2.24) is 20.1 Å². The van der Waals surface area contributed by atoms with E-state index in [1.807, 2.05) is 16.7 Å². The Morgan fingerprint density at radius 1 is 1.15 bits per heavy atom. The second-order valence-electron chi connectivity index (χ2n) is 10.6. The minimum Gasteiger partial charge on any atom is -0.481 e. The van der Waals surface area contributed by atoms with Gasteiger partial charge < -0.3 is 25.2 Å². The van der Waals surface area contributed by atoms with Crippen LogP contribution in [0.2, 0.25) is 0 Å². The highest BCUT2D eigenvalue weighted by atomic mass is 16.4. The molecule has 4 fully saturated rings. The number of pyridine rings is 1. The lowest BCUT2D eigenvalue weighted by molar-refractivity contribution is -0.137. The number of rotatable bonds is 4. The standard InChI is InChI=1S/C23H30N4O3.C2H4O2/c28-20-6-2-5-18-14-7-15(19(27(18)20)10-25-22(29)13-3-1-4-13)12-26(11-14)23(30)21-16-8-24-9-17(16)21;1-2(3)4/h2,5-6,13-17,19,21,24H,1,3-4,7-12H2,(H,25,29);1H3,(H,3,4)/t14-,15+,16-,17+,19+,21?;/m1./s1. The van der Waals surface area contributed by atoms with Crippen LogP contribution >= 0.6 is 0 Å². The summed E-state index contributed by atoms with van der Waals surface area (Å²) in [6.07, 6.45) is 4.05. The third kappa shape index (κ3) is 4.26. The Bertz CT molecular complexity index is 1020. The minimum absolute atomic E-state index is 0.00710. The molecular formula is C25H34N4O5. The van der Waals surface area contributed by atoms with Crippen LogP contribution in [0.4, 0.5) is 0 Å². The van der Waals surface area contributed by atoms with Gasteiger partial charge in [0.2, 0.25) is 11.8 Å². The van der Waals surface area contributed by atoms with Crippen molar-refractivity contribution >= 4 is 17.8 Å². The highest BCUT2D eigenvalue weighted by Crippen LogP contribution is 2.51. The zero-order valence-electron chi connectivity index (χ0n) is 19.6. The first-order valence-electron chi connectivity index (χ1n) is 12.5. The van der Waals surface area contributed by atoms with Gasteiger partial charge >= 0.3 is 0 Å².